The molecule has 1 rings (SSSR count). The van der Waals surface area contributed by atoms with Gasteiger partial charge in [-0.15, -0.1) is 0 Å². The second kappa shape index (κ2) is 7.40. The summed E-state index contributed by atoms with van der Waals surface area (Å²) in [5.41, 5.74) is 6.24. The largest absolute Gasteiger partial charge is 0.398 e. The van der Waals surface area contributed by atoms with Gasteiger partial charge in [0.15, 0.2) is 0 Å². The molecule has 0 bridgehead atoms. The van der Waals surface area contributed by atoms with E-state index >= 15 is 0 Å². The maximum Gasteiger partial charge on any atom is 0.250 e. The van der Waals surface area contributed by atoms with E-state index in [4.69, 9.17) is 10.8 Å². The number of aliphatic hydroxyl groups is 1. The molecule has 0 saturated heterocycles. The normalized spacial score (nSPS) is 12.6. The van der Waals surface area contributed by atoms with Crippen molar-refractivity contribution < 1.29 is 5.11 Å². The summed E-state index contributed by atoms with van der Waals surface area (Å²) in [4.78, 5) is 11.5. The van der Waals surface area contributed by atoms with Crippen LogP contribution in [0.25, 0.3) is 0 Å². The van der Waals surface area contributed by atoms with Gasteiger partial charge in [-0.2, -0.15) is 11.8 Å². The summed E-state index contributed by atoms with van der Waals surface area (Å²) in [6, 6.07) is 3.12. The van der Waals surface area contributed by atoms with Crippen LogP contribution in [0.5, 0.6) is 0 Å². The topological polar surface area (TPSA) is 68.2 Å². The van der Waals surface area contributed by atoms with Crippen LogP contribution in [-0.4, -0.2) is 27.3 Å². The van der Waals surface area contributed by atoms with Crippen molar-refractivity contribution in [1.82, 2.24) is 4.57 Å². The number of anilines is 1. The predicted octanol–water partition coefficient (Wildman–Crippen LogP) is 1.32. The molecule has 0 saturated carbocycles. The first-order chi connectivity index (χ1) is 8.13. The molecule has 0 aliphatic heterocycles. The van der Waals surface area contributed by atoms with E-state index in [2.05, 4.69) is 6.92 Å². The number of nitrogens with two attached hydrogens (primary N) is 1. The van der Waals surface area contributed by atoms with Gasteiger partial charge >= 0.3 is 0 Å². The lowest BCUT2D eigenvalue weighted by molar-refractivity contribution is 0.289. The van der Waals surface area contributed by atoms with Crippen LogP contribution in [0.3, 0.4) is 0 Å². The summed E-state index contributed by atoms with van der Waals surface area (Å²) in [7, 11) is 0. The van der Waals surface area contributed by atoms with Crippen molar-refractivity contribution in [3.63, 3.8) is 0 Å². The van der Waals surface area contributed by atoms with Crippen molar-refractivity contribution in [3.8, 4) is 0 Å². The first-order valence-corrected chi connectivity index (χ1v) is 6.87. The van der Waals surface area contributed by atoms with Gasteiger partial charge in [-0.1, -0.05) is 6.92 Å². The number of hydrogen-bond acceptors (Lipinski definition) is 4. The highest BCUT2D eigenvalue weighted by Gasteiger charge is 2.02. The van der Waals surface area contributed by atoms with Crippen LogP contribution in [0.15, 0.2) is 23.1 Å². The fourth-order valence-electron chi connectivity index (χ4n) is 1.51. The highest BCUT2D eigenvalue weighted by molar-refractivity contribution is 7.99. The van der Waals surface area contributed by atoms with Gasteiger partial charge in [0.25, 0.3) is 5.56 Å². The molecule has 0 aromatic carbocycles. The highest BCUT2D eigenvalue weighted by Crippen LogP contribution is 2.14. The van der Waals surface area contributed by atoms with E-state index in [1.807, 2.05) is 11.8 Å². The van der Waals surface area contributed by atoms with Gasteiger partial charge in [-0.25, -0.2) is 0 Å². The van der Waals surface area contributed by atoms with Crippen LogP contribution >= 0.6 is 11.8 Å². The third kappa shape index (κ3) is 5.28. The molecule has 1 unspecified atom stereocenters. The zero-order valence-corrected chi connectivity index (χ0v) is 10.9. The number of rotatable bonds is 7. The van der Waals surface area contributed by atoms with Crippen molar-refractivity contribution in [2.75, 3.05) is 18.1 Å². The lowest BCUT2D eigenvalue weighted by atomic mass is 10.3. The number of aryl methyl sites for hydroxylation is 1. The number of hydrogen-bond donors (Lipinski definition) is 2. The summed E-state index contributed by atoms with van der Waals surface area (Å²) < 4.78 is 1.65. The minimum atomic E-state index is -0.00685. The second-order valence-electron chi connectivity index (χ2n) is 4.04. The van der Waals surface area contributed by atoms with Crippen molar-refractivity contribution >= 4 is 17.4 Å². The number of pyridine rings is 1. The second-order valence-corrected chi connectivity index (χ2v) is 5.59. The Balaban J connectivity index is 2.31. The number of nitrogens with zero attached hydrogens (tertiary/aromatic N) is 1. The van der Waals surface area contributed by atoms with Gasteiger partial charge in [-0.05, 0) is 24.7 Å². The fraction of sp³-hybridized carbons (Fsp3) is 0.583. The molecule has 0 aliphatic carbocycles. The Morgan fingerprint density at radius 2 is 2.29 bits per heavy atom. The molecule has 0 fully saturated rings. The van der Waals surface area contributed by atoms with Gasteiger partial charge in [0.05, 0.1) is 0 Å². The highest BCUT2D eigenvalue weighted by atomic mass is 32.2. The Morgan fingerprint density at radius 1 is 1.53 bits per heavy atom. The van der Waals surface area contributed by atoms with Gasteiger partial charge < -0.3 is 15.4 Å². The molecule has 1 aromatic rings. The van der Waals surface area contributed by atoms with Crippen molar-refractivity contribution in [2.45, 2.75) is 31.6 Å². The van der Waals surface area contributed by atoms with Crippen LogP contribution in [0.1, 0.15) is 19.8 Å². The van der Waals surface area contributed by atoms with E-state index in [1.165, 1.54) is 6.07 Å². The Morgan fingerprint density at radius 3 is 3.00 bits per heavy atom. The van der Waals surface area contributed by atoms with Crippen molar-refractivity contribution in [2.24, 2.45) is 0 Å². The van der Waals surface area contributed by atoms with Crippen molar-refractivity contribution in [3.05, 3.63) is 28.7 Å². The molecular formula is C12H20N2O2S. The van der Waals surface area contributed by atoms with Crippen LogP contribution in [0.2, 0.25) is 0 Å². The SMILES string of the molecule is CC(CCO)SCCCn1cc(N)ccc1=O. The molecule has 0 radical (unpaired) electrons. The number of aromatic nitrogens is 1. The maximum absolute atomic E-state index is 11.5. The van der Waals surface area contributed by atoms with Gasteiger partial charge in [0.1, 0.15) is 0 Å². The molecule has 96 valence electrons. The molecule has 0 amide bonds. The van der Waals surface area contributed by atoms with Crippen molar-refractivity contribution in [1.29, 1.82) is 0 Å². The Bertz CT molecular complexity index is 392. The average Bonchev–Trinajstić information content (AvgIpc) is 2.29. The smallest absolute Gasteiger partial charge is 0.250 e. The maximum atomic E-state index is 11.5. The van der Waals surface area contributed by atoms with E-state index in [9.17, 15) is 4.79 Å². The van der Waals surface area contributed by atoms with Crippen LogP contribution in [0, 0.1) is 0 Å². The summed E-state index contributed by atoms with van der Waals surface area (Å²) in [6.07, 6.45) is 3.44. The monoisotopic (exact) mass is 256 g/mol. The predicted molar refractivity (Wildman–Crippen MR) is 73.4 cm³/mol. The molecule has 1 aromatic heterocycles. The van der Waals surface area contributed by atoms with Crippen LogP contribution in [-0.2, 0) is 6.54 Å². The summed E-state index contributed by atoms with van der Waals surface area (Å²) in [5, 5.41) is 9.24. The lowest BCUT2D eigenvalue weighted by Gasteiger charge is -2.10. The van der Waals surface area contributed by atoms with Crippen LogP contribution in [0.4, 0.5) is 5.69 Å². The minimum absolute atomic E-state index is 0.00685. The van der Waals surface area contributed by atoms with E-state index in [1.54, 1.807) is 16.8 Å². The molecule has 0 aliphatic rings. The number of aliphatic hydroxyl groups excluding tert-OH is 1. The molecule has 0 spiro atoms. The third-order valence-electron chi connectivity index (χ3n) is 2.49. The molecule has 5 heteroatoms. The number of nitrogen functional groups attached to an aromatic ring is 1. The quantitative estimate of drug-likeness (QED) is 0.722. The summed E-state index contributed by atoms with van der Waals surface area (Å²) in [6.45, 7) is 3.04. The molecule has 17 heavy (non-hydrogen) atoms. The van der Waals surface area contributed by atoms with Gasteiger partial charge in [0, 0.05) is 36.4 Å². The zero-order chi connectivity index (χ0) is 12.7. The number of thioether (sulfide) groups is 1. The molecular weight excluding hydrogens is 236 g/mol. The van der Waals surface area contributed by atoms with Crippen LogP contribution < -0.4 is 11.3 Å². The molecule has 1 atom stereocenters. The molecule has 1 heterocycles. The first-order valence-electron chi connectivity index (χ1n) is 5.82. The Hall–Kier alpha value is -0.940. The standard InChI is InChI=1S/C12H20N2O2S/c1-10(5-7-15)17-8-2-6-14-9-11(13)3-4-12(14)16/h3-4,9-10,15H,2,5-8,13H2,1H3. The minimum Gasteiger partial charge on any atom is -0.398 e. The Kier molecular flexibility index (Phi) is 6.15. The van der Waals surface area contributed by atoms with E-state index in [0.717, 1.165) is 18.6 Å². The van der Waals surface area contributed by atoms with E-state index in [0.29, 0.717) is 17.5 Å². The van der Waals surface area contributed by atoms with E-state index < -0.39 is 0 Å². The van der Waals surface area contributed by atoms with Gasteiger partial charge in [-0.3, -0.25) is 4.79 Å². The van der Waals surface area contributed by atoms with E-state index in [-0.39, 0.29) is 12.2 Å². The van der Waals surface area contributed by atoms with Gasteiger partial charge in [0.2, 0.25) is 0 Å². The molecule has 4 nitrogen and oxygen atoms in total. The summed E-state index contributed by atoms with van der Waals surface area (Å²) >= 11 is 1.82. The third-order valence-corrected chi connectivity index (χ3v) is 3.82. The first kappa shape index (κ1) is 14.1. The zero-order valence-electron chi connectivity index (χ0n) is 10.1. The average molecular weight is 256 g/mol. The Labute approximate surface area is 106 Å². The molecule has 3 N–H and O–H groups in total. The lowest BCUT2D eigenvalue weighted by Crippen LogP contribution is -2.19. The summed E-state index contributed by atoms with van der Waals surface area (Å²) in [5.74, 6) is 0.988. The fourth-order valence-corrected chi connectivity index (χ4v) is 2.48.